The van der Waals surface area contributed by atoms with Gasteiger partial charge in [0.25, 0.3) is 0 Å². The van der Waals surface area contributed by atoms with Crippen molar-refractivity contribution in [2.75, 3.05) is 19.7 Å². The Labute approximate surface area is 206 Å². The van der Waals surface area contributed by atoms with E-state index in [1.54, 1.807) is 0 Å². The first-order valence-corrected chi connectivity index (χ1v) is 11.7. The molecule has 1 N–H and O–H groups in total. The molecule has 5 heteroatoms. The molecule has 1 atom stereocenters. The smallest absolute Gasteiger partial charge is 0.225 e. The number of aliphatic hydroxyl groups is 1. The molecule has 2 aliphatic rings. The van der Waals surface area contributed by atoms with Gasteiger partial charge in [0, 0.05) is 17.5 Å². The maximum atomic E-state index is 12.1. The first kappa shape index (κ1) is 23.5. The zero-order valence-corrected chi connectivity index (χ0v) is 20.8. The third kappa shape index (κ3) is 4.57. The van der Waals surface area contributed by atoms with Crippen LogP contribution >= 0.6 is 17.0 Å². The van der Waals surface area contributed by atoms with Gasteiger partial charge in [-0.2, -0.15) is 0 Å². The first-order valence-electron chi connectivity index (χ1n) is 11.7. The lowest BCUT2D eigenvalue weighted by molar-refractivity contribution is -0.706. The second kappa shape index (κ2) is 10.1. The summed E-state index contributed by atoms with van der Waals surface area (Å²) in [6.45, 7) is 4.46. The van der Waals surface area contributed by atoms with E-state index in [-0.39, 0.29) is 17.0 Å². The molecule has 2 aliphatic heterocycles. The molecule has 0 radical (unpaired) electrons. The molecule has 5 rings (SSSR count). The van der Waals surface area contributed by atoms with Crippen LogP contribution in [0.3, 0.4) is 0 Å². The zero-order valence-electron chi connectivity index (χ0n) is 19.1. The van der Waals surface area contributed by atoms with Crippen LogP contribution in [0.25, 0.3) is 11.1 Å². The van der Waals surface area contributed by atoms with E-state index in [0.717, 1.165) is 42.8 Å². The largest absolute Gasteiger partial charge is 0.494 e. The number of halogens is 1. The van der Waals surface area contributed by atoms with Crippen molar-refractivity contribution < 1.29 is 14.5 Å². The molecule has 0 spiro atoms. The summed E-state index contributed by atoms with van der Waals surface area (Å²) in [6, 6.07) is 27.1. The Morgan fingerprint density at radius 3 is 2.21 bits per heavy atom. The predicted octanol–water partition coefficient (Wildman–Crippen LogP) is 5.78. The highest BCUT2D eigenvalue weighted by Gasteiger charge is 2.52. The first-order chi connectivity index (χ1) is 15.7. The molecule has 0 aromatic heterocycles. The molecule has 0 saturated carbocycles. The van der Waals surface area contributed by atoms with Gasteiger partial charge in [-0.05, 0) is 55.2 Å². The standard InChI is InChI=1S/C28H31N2O2.BrH/c1-2-32-26-17-13-24(14-18-26)27-21-28(31,30-20-8-4-7-19-29(27)30)25-15-11-23(12-16-25)22-9-5-3-6-10-22;/h3,5-6,9-18,31H,2,4,7-8,19-21H2,1H3;1H/q+1;. The Balaban J connectivity index is 0.00000259. The van der Waals surface area contributed by atoms with Gasteiger partial charge in [0.15, 0.2) is 6.54 Å². The van der Waals surface area contributed by atoms with E-state index in [9.17, 15) is 5.11 Å². The van der Waals surface area contributed by atoms with Gasteiger partial charge in [-0.15, -0.1) is 26.7 Å². The van der Waals surface area contributed by atoms with Crippen molar-refractivity contribution in [3.05, 3.63) is 90.0 Å². The molecule has 33 heavy (non-hydrogen) atoms. The number of hydrogen-bond donors (Lipinski definition) is 1. The number of hydrazine groups is 1. The number of fused-ring (bicyclic) bond motifs is 1. The van der Waals surface area contributed by atoms with Gasteiger partial charge >= 0.3 is 0 Å². The number of nitrogens with zero attached hydrogens (tertiary/aromatic N) is 2. The topological polar surface area (TPSA) is 35.7 Å². The molecule has 172 valence electrons. The molecule has 0 aliphatic carbocycles. The van der Waals surface area contributed by atoms with Crippen molar-refractivity contribution in [1.82, 2.24) is 5.01 Å². The Bertz CT molecular complexity index is 1100. The number of rotatable bonds is 5. The van der Waals surface area contributed by atoms with Crippen molar-refractivity contribution in [1.29, 1.82) is 0 Å². The van der Waals surface area contributed by atoms with Gasteiger partial charge in [-0.1, -0.05) is 54.6 Å². The van der Waals surface area contributed by atoms with E-state index in [0.29, 0.717) is 13.0 Å². The van der Waals surface area contributed by atoms with Gasteiger partial charge in [-0.25, -0.2) is 0 Å². The van der Waals surface area contributed by atoms with Crippen molar-refractivity contribution in [3.63, 3.8) is 0 Å². The Hall–Kier alpha value is -2.63. The van der Waals surface area contributed by atoms with Gasteiger partial charge < -0.3 is 9.84 Å². The molecule has 3 aromatic carbocycles. The molecule has 1 saturated heterocycles. The van der Waals surface area contributed by atoms with Crippen molar-refractivity contribution >= 4 is 22.7 Å². The molecule has 3 aromatic rings. The summed E-state index contributed by atoms with van der Waals surface area (Å²) < 4.78 is 7.95. The summed E-state index contributed by atoms with van der Waals surface area (Å²) in [5, 5.41) is 14.3. The fraction of sp³-hybridized carbons (Fsp3) is 0.321. The normalized spacial score (nSPS) is 20.1. The van der Waals surface area contributed by atoms with Crippen LogP contribution in [0.5, 0.6) is 5.75 Å². The summed E-state index contributed by atoms with van der Waals surface area (Å²) in [5.74, 6) is 0.884. The lowest BCUT2D eigenvalue weighted by Gasteiger charge is -2.30. The Morgan fingerprint density at radius 2 is 1.52 bits per heavy atom. The molecular formula is C28H32BrN2O2+. The Kier molecular flexibility index (Phi) is 7.20. The third-order valence-corrected chi connectivity index (χ3v) is 6.64. The van der Waals surface area contributed by atoms with Crippen LogP contribution in [0, 0.1) is 0 Å². The molecule has 0 amide bonds. The van der Waals surface area contributed by atoms with Crippen LogP contribution in [0.4, 0.5) is 0 Å². The number of ether oxygens (including phenoxy) is 1. The minimum Gasteiger partial charge on any atom is -0.494 e. The van der Waals surface area contributed by atoms with E-state index < -0.39 is 5.72 Å². The lowest BCUT2D eigenvalue weighted by Crippen LogP contribution is -2.46. The van der Waals surface area contributed by atoms with E-state index in [2.05, 4.69) is 70.4 Å². The highest BCUT2D eigenvalue weighted by Crippen LogP contribution is 2.38. The maximum absolute atomic E-state index is 12.1. The monoisotopic (exact) mass is 507 g/mol. The highest BCUT2D eigenvalue weighted by atomic mass is 79.9. The zero-order chi connectivity index (χ0) is 22.0. The maximum Gasteiger partial charge on any atom is 0.225 e. The van der Waals surface area contributed by atoms with Crippen molar-refractivity contribution in [2.45, 2.75) is 38.3 Å². The van der Waals surface area contributed by atoms with Crippen LogP contribution in [-0.4, -0.2) is 40.2 Å². The van der Waals surface area contributed by atoms with Crippen LogP contribution in [-0.2, 0) is 5.72 Å². The molecular weight excluding hydrogens is 476 g/mol. The molecule has 1 unspecified atom stereocenters. The van der Waals surface area contributed by atoms with Gasteiger partial charge in [0.1, 0.15) is 5.75 Å². The minimum absolute atomic E-state index is 0. The van der Waals surface area contributed by atoms with E-state index in [4.69, 9.17) is 4.74 Å². The van der Waals surface area contributed by atoms with Crippen molar-refractivity contribution in [3.8, 4) is 16.9 Å². The summed E-state index contributed by atoms with van der Waals surface area (Å²) in [5.41, 5.74) is 4.61. The second-order valence-electron chi connectivity index (χ2n) is 8.65. The van der Waals surface area contributed by atoms with Crippen LogP contribution in [0.2, 0.25) is 0 Å². The highest BCUT2D eigenvalue weighted by molar-refractivity contribution is 8.93. The quantitative estimate of drug-likeness (QED) is 0.444. The number of benzene rings is 3. The van der Waals surface area contributed by atoms with E-state index in [1.165, 1.54) is 23.3 Å². The van der Waals surface area contributed by atoms with E-state index in [1.807, 2.05) is 25.1 Å². The molecule has 2 heterocycles. The lowest BCUT2D eigenvalue weighted by atomic mass is 9.93. The fourth-order valence-corrected chi connectivity index (χ4v) is 5.00. The van der Waals surface area contributed by atoms with Crippen LogP contribution in [0.15, 0.2) is 78.9 Å². The minimum atomic E-state index is -1.03. The van der Waals surface area contributed by atoms with E-state index >= 15 is 0 Å². The predicted molar refractivity (Wildman–Crippen MR) is 138 cm³/mol. The average molecular weight is 508 g/mol. The van der Waals surface area contributed by atoms with Crippen LogP contribution in [0.1, 0.15) is 43.7 Å². The van der Waals surface area contributed by atoms with Crippen molar-refractivity contribution in [2.24, 2.45) is 0 Å². The molecule has 4 nitrogen and oxygen atoms in total. The van der Waals surface area contributed by atoms with Gasteiger partial charge in [-0.3, -0.25) is 0 Å². The van der Waals surface area contributed by atoms with Gasteiger partial charge in [0.05, 0.1) is 19.6 Å². The second-order valence-corrected chi connectivity index (χ2v) is 8.65. The SMILES string of the molecule is Br.CCOc1ccc(C2=[N+]3CCCCCN3C(O)(c3ccc(-c4ccccc4)cc3)C2)cc1. The summed E-state index contributed by atoms with van der Waals surface area (Å²) in [7, 11) is 0. The summed E-state index contributed by atoms with van der Waals surface area (Å²) in [4.78, 5) is 0. The third-order valence-electron chi connectivity index (χ3n) is 6.64. The van der Waals surface area contributed by atoms with Crippen LogP contribution < -0.4 is 4.74 Å². The average Bonchev–Trinajstić information content (AvgIpc) is 2.98. The number of hydrogen-bond acceptors (Lipinski definition) is 3. The number of hydrazone groups is 1. The molecule has 1 fully saturated rings. The fourth-order valence-electron chi connectivity index (χ4n) is 5.00. The summed E-state index contributed by atoms with van der Waals surface area (Å²) >= 11 is 0. The summed E-state index contributed by atoms with van der Waals surface area (Å²) in [6.07, 6.45) is 4.00. The Morgan fingerprint density at radius 1 is 0.848 bits per heavy atom. The van der Waals surface area contributed by atoms with Gasteiger partial charge in [0.2, 0.25) is 11.4 Å². The molecule has 0 bridgehead atoms.